The molecule has 1 aliphatic rings. The molecule has 4 nitrogen and oxygen atoms in total. The number of ether oxygens (including phenoxy) is 1. The van der Waals surface area contributed by atoms with E-state index in [1.165, 1.54) is 13.2 Å². The van der Waals surface area contributed by atoms with Gasteiger partial charge in [0.25, 0.3) is 0 Å². The zero-order valence-corrected chi connectivity index (χ0v) is 12.5. The molecule has 1 N–H and O–H groups in total. The van der Waals surface area contributed by atoms with Crippen molar-refractivity contribution < 1.29 is 19.0 Å². The Labute approximate surface area is 124 Å². The van der Waals surface area contributed by atoms with Crippen molar-refractivity contribution >= 4 is 5.97 Å². The molecule has 116 valence electrons. The number of benzene rings is 1. The lowest BCUT2D eigenvalue weighted by Crippen LogP contribution is -2.47. The molecule has 21 heavy (non-hydrogen) atoms. The average Bonchev–Trinajstić information content (AvgIpc) is 2.49. The van der Waals surface area contributed by atoms with Gasteiger partial charge in [-0.2, -0.15) is 0 Å². The van der Waals surface area contributed by atoms with Gasteiger partial charge in [-0.25, -0.2) is 9.18 Å². The van der Waals surface area contributed by atoms with Crippen LogP contribution in [-0.2, 0) is 9.53 Å². The van der Waals surface area contributed by atoms with Gasteiger partial charge in [0.15, 0.2) is 0 Å². The lowest BCUT2D eigenvalue weighted by molar-refractivity contribution is -0.149. The maximum absolute atomic E-state index is 14.1. The van der Waals surface area contributed by atoms with E-state index >= 15 is 0 Å². The van der Waals surface area contributed by atoms with Crippen LogP contribution < -0.4 is 0 Å². The molecule has 1 aromatic carbocycles. The quantitative estimate of drug-likeness (QED) is 0.865. The molecule has 2 rings (SSSR count). The van der Waals surface area contributed by atoms with E-state index in [9.17, 15) is 14.3 Å². The van der Waals surface area contributed by atoms with Crippen LogP contribution in [0.4, 0.5) is 4.39 Å². The van der Waals surface area contributed by atoms with Crippen molar-refractivity contribution in [1.29, 1.82) is 0 Å². The predicted molar refractivity (Wildman–Crippen MR) is 77.2 cm³/mol. The molecule has 0 radical (unpaired) electrons. The van der Waals surface area contributed by atoms with Gasteiger partial charge < -0.3 is 9.84 Å². The summed E-state index contributed by atoms with van der Waals surface area (Å²) >= 11 is 0. The maximum atomic E-state index is 14.1. The van der Waals surface area contributed by atoms with Gasteiger partial charge in [0, 0.05) is 24.1 Å². The third-order valence-electron chi connectivity index (χ3n) is 4.18. The highest BCUT2D eigenvalue weighted by Crippen LogP contribution is 2.35. The van der Waals surface area contributed by atoms with Crippen molar-refractivity contribution in [2.75, 3.05) is 26.8 Å². The molecule has 0 saturated carbocycles. The van der Waals surface area contributed by atoms with Gasteiger partial charge in [-0.1, -0.05) is 25.1 Å². The van der Waals surface area contributed by atoms with E-state index in [1.54, 1.807) is 18.2 Å². The first-order chi connectivity index (χ1) is 10.0. The molecule has 1 aromatic rings. The number of esters is 1. The summed E-state index contributed by atoms with van der Waals surface area (Å²) < 4.78 is 18.9. The highest BCUT2D eigenvalue weighted by molar-refractivity contribution is 5.77. The number of hydrogen-bond acceptors (Lipinski definition) is 4. The van der Waals surface area contributed by atoms with Gasteiger partial charge in [-0.05, 0) is 25.5 Å². The number of hydrogen-bond donors (Lipinski definition) is 1. The zero-order valence-electron chi connectivity index (χ0n) is 12.5. The fraction of sp³-hybridized carbons (Fsp3) is 0.562. The van der Waals surface area contributed by atoms with E-state index < -0.39 is 17.8 Å². The number of carbonyl (C=O) groups excluding carboxylic acids is 1. The van der Waals surface area contributed by atoms with Crippen molar-refractivity contribution in [3.05, 3.63) is 35.6 Å². The second kappa shape index (κ2) is 6.54. The summed E-state index contributed by atoms with van der Waals surface area (Å²) in [4.78, 5) is 14.1. The number of likely N-dealkylation sites (tertiary alicyclic amines) is 1. The Morgan fingerprint density at radius 2 is 2.24 bits per heavy atom. The molecular formula is C16H22FNO3. The molecule has 2 atom stereocenters. The van der Waals surface area contributed by atoms with E-state index in [4.69, 9.17) is 4.74 Å². The fourth-order valence-corrected chi connectivity index (χ4v) is 2.99. The first-order valence-electron chi connectivity index (χ1n) is 7.18. The topological polar surface area (TPSA) is 49.8 Å². The Morgan fingerprint density at radius 3 is 2.86 bits per heavy atom. The minimum absolute atomic E-state index is 0.0503. The number of rotatable bonds is 4. The van der Waals surface area contributed by atoms with Gasteiger partial charge in [0.05, 0.1) is 7.11 Å². The smallest absolute Gasteiger partial charge is 0.327 e. The van der Waals surface area contributed by atoms with Crippen LogP contribution in [0.15, 0.2) is 24.3 Å². The number of carbonyl (C=O) groups is 1. The summed E-state index contributed by atoms with van der Waals surface area (Å²) in [6.45, 7) is 3.25. The van der Waals surface area contributed by atoms with Crippen LogP contribution in [-0.4, -0.2) is 42.8 Å². The third kappa shape index (κ3) is 3.41. The summed E-state index contributed by atoms with van der Waals surface area (Å²) in [5.74, 6) is -0.883. The maximum Gasteiger partial charge on any atom is 0.327 e. The summed E-state index contributed by atoms with van der Waals surface area (Å²) in [5, 5.41) is 9.55. The predicted octanol–water partition coefficient (Wildman–Crippen LogP) is 2.13. The highest BCUT2D eigenvalue weighted by Gasteiger charge is 2.38. The molecular weight excluding hydrogens is 273 g/mol. The lowest BCUT2D eigenvalue weighted by atomic mass is 9.81. The Bertz CT molecular complexity index is 508. The zero-order chi connectivity index (χ0) is 15.5. The molecule has 2 unspecified atom stereocenters. The molecule has 0 aliphatic carbocycles. The summed E-state index contributed by atoms with van der Waals surface area (Å²) in [6.07, 6.45) is 1.75. The number of aliphatic hydroxyl groups excluding tert-OH is 1. The number of halogens is 1. The Morgan fingerprint density at radius 1 is 1.52 bits per heavy atom. The van der Waals surface area contributed by atoms with Crippen molar-refractivity contribution in [1.82, 2.24) is 4.90 Å². The molecule has 1 aliphatic heterocycles. The van der Waals surface area contributed by atoms with Crippen LogP contribution in [0.3, 0.4) is 0 Å². The summed E-state index contributed by atoms with van der Waals surface area (Å²) in [7, 11) is 1.31. The minimum Gasteiger partial charge on any atom is -0.468 e. The van der Waals surface area contributed by atoms with E-state index in [0.717, 1.165) is 12.8 Å². The van der Waals surface area contributed by atoms with Crippen LogP contribution in [0.5, 0.6) is 0 Å². The molecule has 5 heteroatoms. The Hall–Kier alpha value is -1.46. The van der Waals surface area contributed by atoms with Crippen LogP contribution in [0.25, 0.3) is 0 Å². The normalized spacial score (nSPS) is 24.6. The molecule has 1 heterocycles. The van der Waals surface area contributed by atoms with Crippen LogP contribution in [0, 0.1) is 11.2 Å². The number of piperidine rings is 1. The number of nitrogens with zero attached hydrogens (tertiary/aromatic N) is 1. The van der Waals surface area contributed by atoms with Gasteiger partial charge in [-0.15, -0.1) is 0 Å². The van der Waals surface area contributed by atoms with Crippen molar-refractivity contribution in [2.45, 2.75) is 25.8 Å². The second-order valence-corrected chi connectivity index (χ2v) is 5.99. The van der Waals surface area contributed by atoms with Gasteiger partial charge >= 0.3 is 5.97 Å². The molecule has 1 saturated heterocycles. The number of aliphatic hydroxyl groups is 1. The van der Waals surface area contributed by atoms with Crippen LogP contribution in [0.1, 0.15) is 31.4 Å². The Balaban J connectivity index is 2.33. The van der Waals surface area contributed by atoms with Crippen LogP contribution >= 0.6 is 0 Å². The lowest BCUT2D eigenvalue weighted by Gasteiger charge is -2.42. The van der Waals surface area contributed by atoms with Crippen molar-refractivity contribution in [3.8, 4) is 0 Å². The summed E-state index contributed by atoms with van der Waals surface area (Å²) in [6, 6.07) is 5.51. The van der Waals surface area contributed by atoms with E-state index in [0.29, 0.717) is 18.7 Å². The van der Waals surface area contributed by atoms with Crippen molar-refractivity contribution in [3.63, 3.8) is 0 Å². The molecule has 0 spiro atoms. The van der Waals surface area contributed by atoms with Gasteiger partial charge in [0.2, 0.25) is 0 Å². The minimum atomic E-state index is -0.762. The van der Waals surface area contributed by atoms with E-state index in [2.05, 4.69) is 0 Å². The highest BCUT2D eigenvalue weighted by atomic mass is 19.1. The first kappa shape index (κ1) is 15.9. The number of methoxy groups -OCH3 is 1. The standard InChI is InChI=1S/C16H22FNO3/c1-16(11-19)8-5-9-18(10-16)14(15(20)21-2)12-6-3-4-7-13(12)17/h3-4,6-7,14,19H,5,8-11H2,1-2H3. The van der Waals surface area contributed by atoms with E-state index in [1.807, 2.05) is 11.8 Å². The fourth-order valence-electron chi connectivity index (χ4n) is 2.99. The molecule has 0 bridgehead atoms. The molecule has 0 amide bonds. The van der Waals surface area contributed by atoms with Crippen LogP contribution in [0.2, 0.25) is 0 Å². The first-order valence-corrected chi connectivity index (χ1v) is 7.18. The van der Waals surface area contributed by atoms with Gasteiger partial charge in [0.1, 0.15) is 11.9 Å². The summed E-state index contributed by atoms with van der Waals surface area (Å²) in [5.41, 5.74) is 0.0574. The van der Waals surface area contributed by atoms with E-state index in [-0.39, 0.29) is 12.0 Å². The third-order valence-corrected chi connectivity index (χ3v) is 4.18. The SMILES string of the molecule is COC(=O)C(c1ccccc1F)N1CCCC(C)(CO)C1. The largest absolute Gasteiger partial charge is 0.468 e. The average molecular weight is 295 g/mol. The Kier molecular flexibility index (Phi) is 4.96. The molecule has 1 fully saturated rings. The second-order valence-electron chi connectivity index (χ2n) is 5.99. The molecule has 0 aromatic heterocycles. The van der Waals surface area contributed by atoms with Gasteiger partial charge in [-0.3, -0.25) is 4.90 Å². The van der Waals surface area contributed by atoms with Crippen molar-refractivity contribution in [2.24, 2.45) is 5.41 Å². The monoisotopic (exact) mass is 295 g/mol.